The molecule has 0 bridgehead atoms. The second-order valence-electron chi connectivity index (χ2n) is 39.2. The molecular formula is C120H99N3O9S3. The van der Waals surface area contributed by atoms with E-state index in [2.05, 4.69) is 334 Å². The lowest BCUT2D eigenvalue weighted by Gasteiger charge is -2.42. The summed E-state index contributed by atoms with van der Waals surface area (Å²) in [5, 5.41) is 0. The summed E-state index contributed by atoms with van der Waals surface area (Å²) >= 11 is 0. The van der Waals surface area contributed by atoms with Crippen molar-refractivity contribution in [3.63, 3.8) is 0 Å². The highest BCUT2D eigenvalue weighted by molar-refractivity contribution is 7.92. The van der Waals surface area contributed by atoms with Gasteiger partial charge in [0.25, 0.3) is 0 Å². The zero-order valence-corrected chi connectivity index (χ0v) is 79.6. The monoisotopic (exact) mass is 1820 g/mol. The van der Waals surface area contributed by atoms with Gasteiger partial charge in [-0.1, -0.05) is 314 Å². The van der Waals surface area contributed by atoms with Crippen LogP contribution in [-0.2, 0) is 62.0 Å². The van der Waals surface area contributed by atoms with Crippen molar-refractivity contribution in [2.75, 3.05) is 14.7 Å². The summed E-state index contributed by atoms with van der Waals surface area (Å²) in [5.41, 5.74) is 28.2. The van der Waals surface area contributed by atoms with Gasteiger partial charge < -0.3 is 28.9 Å². The van der Waals surface area contributed by atoms with E-state index >= 15 is 0 Å². The molecule has 7 heterocycles. The average molecular weight is 1820 g/mol. The number of rotatable bonds is 9. The lowest BCUT2D eigenvalue weighted by atomic mass is 9.73. The summed E-state index contributed by atoms with van der Waals surface area (Å²) in [6, 6.07) is 126. The lowest BCUT2D eigenvalue weighted by molar-refractivity contribution is 0.416. The normalized spacial score (nSPS) is 16.1. The van der Waals surface area contributed by atoms with E-state index in [4.69, 9.17) is 14.2 Å². The third kappa shape index (κ3) is 13.6. The first-order chi connectivity index (χ1) is 64.7. The molecule has 0 unspecified atom stereocenters. The van der Waals surface area contributed by atoms with E-state index in [1.165, 1.54) is 56.1 Å². The van der Waals surface area contributed by atoms with Gasteiger partial charge in [0.2, 0.25) is 29.5 Å². The van der Waals surface area contributed by atoms with E-state index in [1.54, 1.807) is 91.0 Å². The van der Waals surface area contributed by atoms with Gasteiger partial charge in [-0.15, -0.1) is 0 Å². The van der Waals surface area contributed by atoms with Crippen molar-refractivity contribution < 1.29 is 39.5 Å². The fourth-order valence-corrected chi connectivity index (χ4v) is 26.0. The topological polar surface area (TPSA) is 140 Å². The quantitative estimate of drug-likeness (QED) is 0.136. The maximum absolute atomic E-state index is 13.4. The Hall–Kier alpha value is -14.6. The van der Waals surface area contributed by atoms with Gasteiger partial charge in [-0.25, -0.2) is 25.3 Å². The minimum atomic E-state index is -3.68. The molecule has 7 aliphatic rings. The molecule has 0 saturated carbocycles. The first kappa shape index (κ1) is 85.8. The lowest BCUT2D eigenvalue weighted by Crippen LogP contribution is -2.30. The Morgan fingerprint density at radius 1 is 0.207 bits per heavy atom. The summed E-state index contributed by atoms with van der Waals surface area (Å²) in [6.07, 6.45) is 0. The standard InChI is InChI=1S/C42H33NO3S.C42H35NO3S.C36H31NO3S/c1-41(2)31-12-6-8-14-35(31)43(36-15-9-7-13-32(36)41)28-19-21-34-38(25-28)46-37-24-27(17-20-33(37)42(34,3)4)26-18-22-40-30(23-26)29-11-5-10-16-39(29)47(40,44)45;1-41(2)33-14-8-10-16-37(33)43(38-17-11-9-15-34(38)41)30-21-25-36-40(27-30)46-39-26-29(20-24-35(39)42(36,3)4)28-18-22-32(23-19-28)47(44,45)31-12-6-5-7-13-31;1-35(2)27-14-8-10-16-31(27)37(32-17-11-9-15-28(32)35)24-18-20-29-33(22-24)40-34-23-26(19-21-30(34)36(29,3)4)41(38,39)25-12-6-5-7-13-25/h5-25H,1-4H3;5-27H,1-4H3;5-23H,1-4H3. The smallest absolute Gasteiger partial charge is 0.207 e. The largest absolute Gasteiger partial charge is 0.457 e. The van der Waals surface area contributed by atoms with Crippen LogP contribution in [0.1, 0.15) is 150 Å². The molecule has 135 heavy (non-hydrogen) atoms. The number of benzene rings is 17. The molecule has 0 spiro atoms. The fraction of sp³-hybridized carbons (Fsp3) is 0.150. The zero-order valence-electron chi connectivity index (χ0n) is 77.1. The summed E-state index contributed by atoms with van der Waals surface area (Å²) in [5.74, 6) is 4.59. The Morgan fingerprint density at radius 3 is 0.822 bits per heavy atom. The number of ether oxygens (including phenoxy) is 3. The van der Waals surface area contributed by atoms with Crippen LogP contribution in [0.2, 0.25) is 0 Å². The van der Waals surface area contributed by atoms with E-state index in [0.717, 1.165) is 124 Å². The van der Waals surface area contributed by atoms with E-state index < -0.39 is 29.5 Å². The number of para-hydroxylation sites is 6. The van der Waals surface area contributed by atoms with Crippen molar-refractivity contribution in [2.24, 2.45) is 0 Å². The predicted molar refractivity (Wildman–Crippen MR) is 541 cm³/mol. The Bertz CT molecular complexity index is 8000. The van der Waals surface area contributed by atoms with Crippen LogP contribution in [0.15, 0.2) is 412 Å². The highest BCUT2D eigenvalue weighted by Gasteiger charge is 2.45. The first-order valence-corrected chi connectivity index (χ1v) is 50.3. The van der Waals surface area contributed by atoms with Gasteiger partial charge >= 0.3 is 0 Å². The van der Waals surface area contributed by atoms with Crippen molar-refractivity contribution in [2.45, 2.75) is 145 Å². The number of sulfone groups is 3. The molecule has 15 heteroatoms. The van der Waals surface area contributed by atoms with Gasteiger partial charge in [-0.05, 0) is 183 Å². The molecule has 0 aliphatic carbocycles. The van der Waals surface area contributed by atoms with Crippen LogP contribution in [0, 0.1) is 0 Å². The second kappa shape index (κ2) is 31.3. The van der Waals surface area contributed by atoms with E-state index in [1.807, 2.05) is 54.6 Å². The van der Waals surface area contributed by atoms with Crippen molar-refractivity contribution in [3.8, 4) is 67.9 Å². The highest BCUT2D eigenvalue weighted by atomic mass is 32.2. The van der Waals surface area contributed by atoms with Gasteiger partial charge in [0, 0.05) is 118 Å². The van der Waals surface area contributed by atoms with E-state index in [-0.39, 0.29) is 52.1 Å². The summed E-state index contributed by atoms with van der Waals surface area (Å²) in [6.45, 7) is 27.0. The van der Waals surface area contributed by atoms with Crippen LogP contribution in [0.25, 0.3) is 33.4 Å². The van der Waals surface area contributed by atoms with Crippen LogP contribution in [-0.4, -0.2) is 25.3 Å². The Balaban J connectivity index is 0.000000118. The fourth-order valence-electron chi connectivity index (χ4n) is 21.8. The zero-order chi connectivity index (χ0) is 93.4. The van der Waals surface area contributed by atoms with Crippen molar-refractivity contribution in [1.29, 1.82) is 0 Å². The Morgan fingerprint density at radius 2 is 0.452 bits per heavy atom. The maximum Gasteiger partial charge on any atom is 0.207 e. The molecule has 17 aromatic rings. The minimum absolute atomic E-state index is 0.129. The summed E-state index contributed by atoms with van der Waals surface area (Å²) < 4.78 is 99.6. The maximum atomic E-state index is 13.4. The molecule has 0 N–H and O–H groups in total. The molecule has 0 aromatic heterocycles. The number of hydrogen-bond acceptors (Lipinski definition) is 12. The second-order valence-corrected chi connectivity index (χ2v) is 44.9. The van der Waals surface area contributed by atoms with Crippen molar-refractivity contribution in [3.05, 3.63) is 449 Å². The van der Waals surface area contributed by atoms with Crippen LogP contribution >= 0.6 is 0 Å². The van der Waals surface area contributed by atoms with Gasteiger partial charge in [0.05, 0.1) is 63.5 Å². The number of fused-ring (bicyclic) bond motifs is 15. The molecule has 12 nitrogen and oxygen atoms in total. The summed E-state index contributed by atoms with van der Waals surface area (Å²) in [7, 11) is -10.8. The molecule has 0 radical (unpaired) electrons. The van der Waals surface area contributed by atoms with Gasteiger partial charge in [0.15, 0.2) is 0 Å². The Kier molecular flexibility index (Phi) is 19.9. The van der Waals surface area contributed by atoms with Crippen molar-refractivity contribution in [1.82, 2.24) is 0 Å². The predicted octanol–water partition coefficient (Wildman–Crippen LogP) is 30.5. The highest BCUT2D eigenvalue weighted by Crippen LogP contribution is 2.61. The number of hydrogen-bond donors (Lipinski definition) is 0. The molecule has 0 amide bonds. The third-order valence-corrected chi connectivity index (χ3v) is 34.6. The summed E-state index contributed by atoms with van der Waals surface area (Å²) in [4.78, 5) is 8.80. The molecule has 7 aliphatic heterocycles. The van der Waals surface area contributed by atoms with E-state index in [9.17, 15) is 25.3 Å². The van der Waals surface area contributed by atoms with E-state index in [0.29, 0.717) is 15.5 Å². The van der Waals surface area contributed by atoms with Crippen LogP contribution in [0.4, 0.5) is 51.2 Å². The molecular weight excluding hydrogens is 1720 g/mol. The minimum Gasteiger partial charge on any atom is -0.457 e. The molecule has 666 valence electrons. The molecule has 0 saturated heterocycles. The van der Waals surface area contributed by atoms with Gasteiger partial charge in [0.1, 0.15) is 34.5 Å². The number of anilines is 9. The Labute approximate surface area is 790 Å². The first-order valence-electron chi connectivity index (χ1n) is 45.8. The van der Waals surface area contributed by atoms with Gasteiger partial charge in [-0.2, -0.15) is 0 Å². The molecule has 0 atom stereocenters. The van der Waals surface area contributed by atoms with Crippen LogP contribution in [0.3, 0.4) is 0 Å². The molecule has 24 rings (SSSR count). The SMILES string of the molecule is CC1(C)c2ccc(-c3ccc(S(=O)(=O)c4ccccc4)cc3)cc2Oc2cc(N3c4ccccc4C(C)(C)c4ccccc43)ccc21.CC1(C)c2ccc(-c3ccc4c(c3)-c3ccccc3S4(=O)=O)cc2Oc2cc(N3c4ccccc4C(C)(C)c4ccccc43)ccc21.CC1(C)c2ccc(N3c4ccccc4C(C)(C)c4ccccc43)cc2Oc2cc(S(=O)(=O)c3ccccc3)ccc21. The van der Waals surface area contributed by atoms with Crippen LogP contribution in [0.5, 0.6) is 34.5 Å². The molecule has 0 fully saturated rings. The molecule has 17 aromatic carbocycles. The number of nitrogens with zero attached hydrogens (tertiary/aromatic N) is 3. The van der Waals surface area contributed by atoms with Gasteiger partial charge in [-0.3, -0.25) is 0 Å². The third-order valence-electron chi connectivity index (χ3n) is 29.2. The average Bonchev–Trinajstić information content (AvgIpc) is 1.23. The van der Waals surface area contributed by atoms with Crippen molar-refractivity contribution >= 4 is 80.7 Å². The van der Waals surface area contributed by atoms with Crippen LogP contribution < -0.4 is 28.9 Å².